The molecular formula is C27H23ClF4N6O3S. The molecule has 3 heterocycles. The molecule has 2 aromatic heterocycles. The van der Waals surface area contributed by atoms with Gasteiger partial charge < -0.3 is 15.4 Å². The quantitative estimate of drug-likeness (QED) is 0.120. The lowest BCUT2D eigenvalue weighted by Gasteiger charge is -2.26. The van der Waals surface area contributed by atoms with Gasteiger partial charge in [0.2, 0.25) is 22.7 Å². The summed E-state index contributed by atoms with van der Waals surface area (Å²) in [6, 6.07) is 8.48. The number of thiol groups is 1. The van der Waals surface area contributed by atoms with E-state index in [9.17, 15) is 17.2 Å². The Morgan fingerprint density at radius 3 is 2.60 bits per heavy atom. The van der Waals surface area contributed by atoms with Crippen LogP contribution in [0.4, 0.5) is 23.5 Å². The number of aromatic nitrogens is 3. The van der Waals surface area contributed by atoms with Crippen LogP contribution in [-0.2, 0) is 10.9 Å². The molecule has 0 saturated carbocycles. The van der Waals surface area contributed by atoms with Gasteiger partial charge in [-0.15, -0.1) is 0 Å². The van der Waals surface area contributed by atoms with Gasteiger partial charge in [-0.05, 0) is 24.3 Å². The fourth-order valence-corrected chi connectivity index (χ4v) is 5.24. The number of halogens is 5. The van der Waals surface area contributed by atoms with Crippen LogP contribution in [0.2, 0.25) is 5.02 Å². The molecule has 1 aliphatic heterocycles. The molecule has 0 spiro atoms. The normalized spacial score (nSPS) is 17.7. The minimum atomic E-state index is -3.40. The van der Waals surface area contributed by atoms with Gasteiger partial charge in [0.05, 0.1) is 17.3 Å². The number of nitrogens with one attached hydrogen (secondary N) is 3. The SMILES string of the molecule is O=[SH](=O)NC(c1ccccc1F)c1c(F)cc(Oc2ncccc2-c2ccnc(N[C@@H]3CNC[C@@H](F)C3)n2)c(Cl)c1F. The number of nitrogens with zero attached hydrogens (tertiary/aromatic N) is 3. The Hall–Kier alpha value is -3.85. The number of rotatable bonds is 9. The van der Waals surface area contributed by atoms with Crippen LogP contribution in [0.3, 0.4) is 0 Å². The molecule has 0 bridgehead atoms. The minimum Gasteiger partial charge on any atom is -0.437 e. The molecular weight excluding hydrogens is 600 g/mol. The predicted octanol–water partition coefficient (Wildman–Crippen LogP) is 4.72. The summed E-state index contributed by atoms with van der Waals surface area (Å²) in [5.74, 6) is -3.84. The highest BCUT2D eigenvalue weighted by Crippen LogP contribution is 2.40. The van der Waals surface area contributed by atoms with E-state index in [-0.39, 0.29) is 36.4 Å². The Morgan fingerprint density at radius 1 is 1.02 bits per heavy atom. The number of hydrogen-bond donors (Lipinski definition) is 4. The Morgan fingerprint density at radius 2 is 1.83 bits per heavy atom. The number of benzene rings is 2. The summed E-state index contributed by atoms with van der Waals surface area (Å²) in [6.45, 7) is 0.804. The number of ether oxygens (including phenoxy) is 1. The molecule has 4 aromatic rings. The van der Waals surface area contributed by atoms with Crippen molar-refractivity contribution in [2.24, 2.45) is 0 Å². The van der Waals surface area contributed by atoms with E-state index < -0.39 is 56.9 Å². The maximum atomic E-state index is 15.6. The summed E-state index contributed by atoms with van der Waals surface area (Å²) in [5.41, 5.74) is -0.473. The number of piperidine rings is 1. The number of alkyl halides is 1. The van der Waals surface area contributed by atoms with Crippen molar-refractivity contribution in [2.45, 2.75) is 24.7 Å². The molecule has 2 aromatic carbocycles. The molecule has 1 aliphatic rings. The second kappa shape index (κ2) is 13.0. The molecule has 220 valence electrons. The number of hydrogen-bond acceptors (Lipinski definition) is 8. The first kappa shape index (κ1) is 29.6. The average Bonchev–Trinajstić information content (AvgIpc) is 2.96. The predicted molar refractivity (Wildman–Crippen MR) is 148 cm³/mol. The van der Waals surface area contributed by atoms with Gasteiger partial charge in [0.25, 0.3) is 0 Å². The standard InChI is InChI=1S/C27H23ClF4N6O3S/c28-23-21(11-19(31)22(24(23)32)25(38-42(39)40)16-4-1-2-6-18(16)30)41-26-17(5-3-8-34-26)20-7-9-35-27(37-20)36-15-10-14(29)12-33-13-15/h1-9,11,14-15,25,33,42H,10,12-13H2,(H,35,36,37)(H,38,39,40)/t14-,15-,25?/m0/s1. The third kappa shape index (κ3) is 6.62. The number of anilines is 1. The van der Waals surface area contributed by atoms with Gasteiger partial charge in [0.1, 0.15) is 22.8 Å². The highest BCUT2D eigenvalue weighted by Gasteiger charge is 2.29. The van der Waals surface area contributed by atoms with E-state index in [1.165, 1.54) is 30.6 Å². The molecule has 15 heteroatoms. The molecule has 3 atom stereocenters. The van der Waals surface area contributed by atoms with E-state index in [0.717, 1.165) is 12.1 Å². The van der Waals surface area contributed by atoms with E-state index in [1.54, 1.807) is 18.2 Å². The molecule has 3 N–H and O–H groups in total. The van der Waals surface area contributed by atoms with Crippen molar-refractivity contribution >= 4 is 28.4 Å². The summed E-state index contributed by atoms with van der Waals surface area (Å²) in [7, 11) is -3.40. The van der Waals surface area contributed by atoms with Gasteiger partial charge in [0, 0.05) is 55.1 Å². The topological polar surface area (TPSA) is 118 Å². The Labute approximate surface area is 244 Å². The van der Waals surface area contributed by atoms with Crippen molar-refractivity contribution in [2.75, 3.05) is 18.4 Å². The van der Waals surface area contributed by atoms with E-state index in [2.05, 4.69) is 25.6 Å². The first-order chi connectivity index (χ1) is 20.2. The van der Waals surface area contributed by atoms with Gasteiger partial charge in [-0.1, -0.05) is 29.8 Å². The zero-order chi connectivity index (χ0) is 29.8. The van der Waals surface area contributed by atoms with Crippen LogP contribution >= 0.6 is 11.6 Å². The summed E-state index contributed by atoms with van der Waals surface area (Å²) < 4.78 is 89.9. The molecule has 5 rings (SSSR count). The fourth-order valence-electron chi connectivity index (χ4n) is 4.56. The largest absolute Gasteiger partial charge is 0.437 e. The average molecular weight is 623 g/mol. The molecule has 0 radical (unpaired) electrons. The second-order valence-corrected chi connectivity index (χ2v) is 10.4. The van der Waals surface area contributed by atoms with Crippen molar-refractivity contribution < 1.29 is 30.7 Å². The molecule has 0 amide bonds. The Balaban J connectivity index is 1.47. The zero-order valence-corrected chi connectivity index (χ0v) is 23.2. The highest BCUT2D eigenvalue weighted by atomic mass is 35.5. The van der Waals surface area contributed by atoms with Crippen LogP contribution in [0.1, 0.15) is 23.6 Å². The minimum absolute atomic E-state index is 0.106. The van der Waals surface area contributed by atoms with Crippen LogP contribution in [-0.4, -0.2) is 48.7 Å². The summed E-state index contributed by atoms with van der Waals surface area (Å²) >= 11 is 6.23. The van der Waals surface area contributed by atoms with Crippen LogP contribution in [0.25, 0.3) is 11.3 Å². The van der Waals surface area contributed by atoms with Crippen molar-refractivity contribution in [3.05, 3.63) is 94.5 Å². The van der Waals surface area contributed by atoms with Gasteiger partial charge in [-0.3, -0.25) is 0 Å². The lowest BCUT2D eigenvalue weighted by molar-refractivity contribution is 0.254. The molecule has 1 fully saturated rings. The first-order valence-electron chi connectivity index (χ1n) is 12.6. The van der Waals surface area contributed by atoms with Crippen molar-refractivity contribution in [3.63, 3.8) is 0 Å². The maximum Gasteiger partial charge on any atom is 0.228 e. The summed E-state index contributed by atoms with van der Waals surface area (Å²) in [5, 5.41) is 5.37. The molecule has 9 nitrogen and oxygen atoms in total. The lowest BCUT2D eigenvalue weighted by atomic mass is 9.97. The van der Waals surface area contributed by atoms with Crippen molar-refractivity contribution in [1.29, 1.82) is 0 Å². The summed E-state index contributed by atoms with van der Waals surface area (Å²) in [4.78, 5) is 12.8. The van der Waals surface area contributed by atoms with Gasteiger partial charge >= 0.3 is 0 Å². The van der Waals surface area contributed by atoms with Crippen molar-refractivity contribution in [1.82, 2.24) is 25.0 Å². The first-order valence-corrected chi connectivity index (χ1v) is 14.2. The van der Waals surface area contributed by atoms with E-state index in [0.29, 0.717) is 17.8 Å². The maximum absolute atomic E-state index is 15.6. The Bertz CT molecular complexity index is 1670. The molecule has 1 unspecified atom stereocenters. The van der Waals surface area contributed by atoms with Crippen molar-refractivity contribution in [3.8, 4) is 22.9 Å². The smallest absolute Gasteiger partial charge is 0.228 e. The van der Waals surface area contributed by atoms with Gasteiger partial charge in [0.15, 0.2) is 11.6 Å². The number of pyridine rings is 1. The molecule has 0 aliphatic carbocycles. The van der Waals surface area contributed by atoms with Crippen LogP contribution in [0.5, 0.6) is 11.6 Å². The monoisotopic (exact) mass is 622 g/mol. The molecule has 42 heavy (non-hydrogen) atoms. The Kier molecular flexibility index (Phi) is 9.16. The lowest BCUT2D eigenvalue weighted by Crippen LogP contribution is -2.44. The van der Waals surface area contributed by atoms with Gasteiger partial charge in [-0.25, -0.2) is 45.7 Å². The van der Waals surface area contributed by atoms with E-state index in [1.807, 2.05) is 4.72 Å². The van der Waals surface area contributed by atoms with E-state index >= 15 is 8.78 Å². The van der Waals surface area contributed by atoms with Crippen LogP contribution in [0, 0.1) is 17.5 Å². The second-order valence-electron chi connectivity index (χ2n) is 9.30. The van der Waals surface area contributed by atoms with Gasteiger partial charge in [-0.2, -0.15) is 0 Å². The molecule has 1 saturated heterocycles. The third-order valence-corrected chi connectivity index (χ3v) is 7.26. The highest BCUT2D eigenvalue weighted by molar-refractivity contribution is 7.70. The van der Waals surface area contributed by atoms with Crippen LogP contribution in [0.15, 0.2) is 60.9 Å². The third-order valence-electron chi connectivity index (χ3n) is 6.44. The fraction of sp³-hybridized carbons (Fsp3) is 0.222. The summed E-state index contributed by atoms with van der Waals surface area (Å²) in [6.07, 6.45) is 2.14. The van der Waals surface area contributed by atoms with E-state index in [4.69, 9.17) is 16.3 Å². The zero-order valence-electron chi connectivity index (χ0n) is 21.5. The van der Waals surface area contributed by atoms with Crippen LogP contribution < -0.4 is 20.1 Å².